The van der Waals surface area contributed by atoms with Crippen molar-refractivity contribution in [3.05, 3.63) is 47.7 Å². The number of alkyl halides is 3. The first kappa shape index (κ1) is 16.1. The Morgan fingerprint density at radius 3 is 2.50 bits per heavy atom. The molecular weight excluding hydrogens is 297 g/mol. The number of carbonyl (C=O) groups excluding carboxylic acids is 1. The van der Waals surface area contributed by atoms with E-state index in [0.717, 1.165) is 12.1 Å². The first-order valence-electron chi connectivity index (χ1n) is 6.73. The molecule has 0 aliphatic carbocycles. The van der Waals surface area contributed by atoms with Crippen molar-refractivity contribution >= 4 is 11.6 Å². The molecule has 0 aliphatic rings. The summed E-state index contributed by atoms with van der Waals surface area (Å²) >= 11 is 0. The van der Waals surface area contributed by atoms with E-state index in [1.54, 1.807) is 13.1 Å². The van der Waals surface area contributed by atoms with Crippen molar-refractivity contribution in [2.45, 2.75) is 32.4 Å². The van der Waals surface area contributed by atoms with Gasteiger partial charge in [0.15, 0.2) is 5.89 Å². The molecule has 0 saturated heterocycles. The zero-order valence-corrected chi connectivity index (χ0v) is 11.9. The van der Waals surface area contributed by atoms with Crippen LogP contribution < -0.4 is 5.32 Å². The van der Waals surface area contributed by atoms with E-state index in [4.69, 9.17) is 4.42 Å². The van der Waals surface area contributed by atoms with Gasteiger partial charge in [0.2, 0.25) is 5.91 Å². The van der Waals surface area contributed by atoms with Gasteiger partial charge >= 0.3 is 6.18 Å². The number of oxazole rings is 1. The van der Waals surface area contributed by atoms with Crippen LogP contribution in [0.25, 0.3) is 0 Å². The number of benzene rings is 1. The molecule has 22 heavy (non-hydrogen) atoms. The predicted octanol–water partition coefficient (Wildman–Crippen LogP) is 3.96. The van der Waals surface area contributed by atoms with Crippen LogP contribution in [0.15, 0.2) is 34.9 Å². The molecule has 0 bridgehead atoms. The van der Waals surface area contributed by atoms with E-state index in [9.17, 15) is 18.0 Å². The summed E-state index contributed by atoms with van der Waals surface area (Å²) in [5, 5.41) is 2.55. The maximum atomic E-state index is 12.4. The highest BCUT2D eigenvalue weighted by Gasteiger charge is 2.29. The first-order chi connectivity index (χ1) is 10.3. The molecule has 1 aromatic carbocycles. The van der Waals surface area contributed by atoms with Gasteiger partial charge in [-0.15, -0.1) is 0 Å². The maximum absolute atomic E-state index is 12.4. The number of nitrogens with zero attached hydrogens (tertiary/aromatic N) is 1. The third kappa shape index (κ3) is 4.61. The molecule has 2 rings (SSSR count). The van der Waals surface area contributed by atoms with Gasteiger partial charge in [-0.2, -0.15) is 13.2 Å². The van der Waals surface area contributed by atoms with Gasteiger partial charge in [-0.1, -0.05) is 0 Å². The second-order valence-electron chi connectivity index (χ2n) is 4.84. The minimum absolute atomic E-state index is 0.239. The van der Waals surface area contributed by atoms with Crippen LogP contribution >= 0.6 is 0 Å². The second kappa shape index (κ2) is 6.64. The summed E-state index contributed by atoms with van der Waals surface area (Å²) in [4.78, 5) is 15.7. The molecule has 1 N–H and O–H groups in total. The van der Waals surface area contributed by atoms with E-state index >= 15 is 0 Å². The lowest BCUT2D eigenvalue weighted by Gasteiger charge is -2.08. The fraction of sp³-hybridized carbons (Fsp3) is 0.333. The van der Waals surface area contributed by atoms with Gasteiger partial charge in [0, 0.05) is 18.5 Å². The summed E-state index contributed by atoms with van der Waals surface area (Å²) in [5.41, 5.74) is -0.408. The fourth-order valence-corrected chi connectivity index (χ4v) is 1.88. The van der Waals surface area contributed by atoms with E-state index in [1.165, 1.54) is 12.1 Å². The zero-order valence-electron chi connectivity index (χ0n) is 11.9. The van der Waals surface area contributed by atoms with Crippen molar-refractivity contribution in [1.29, 1.82) is 0 Å². The quantitative estimate of drug-likeness (QED) is 0.909. The molecule has 0 aliphatic heterocycles. The average molecular weight is 312 g/mol. The van der Waals surface area contributed by atoms with Crippen LogP contribution in [0.4, 0.5) is 18.9 Å². The maximum Gasteiger partial charge on any atom is 0.416 e. The number of amides is 1. The summed E-state index contributed by atoms with van der Waals surface area (Å²) in [7, 11) is 0. The molecule has 1 heterocycles. The number of hydrogen-bond donors (Lipinski definition) is 1. The van der Waals surface area contributed by atoms with Gasteiger partial charge in [0.25, 0.3) is 0 Å². The van der Waals surface area contributed by atoms with Gasteiger partial charge in [-0.05, 0) is 37.6 Å². The van der Waals surface area contributed by atoms with Crippen LogP contribution in [-0.2, 0) is 17.4 Å². The van der Waals surface area contributed by atoms with Crippen LogP contribution in [0.2, 0.25) is 0 Å². The summed E-state index contributed by atoms with van der Waals surface area (Å²) in [5.74, 6) is 1.02. The summed E-state index contributed by atoms with van der Waals surface area (Å²) < 4.78 is 42.5. The van der Waals surface area contributed by atoms with E-state index in [-0.39, 0.29) is 12.3 Å². The van der Waals surface area contributed by atoms with Crippen LogP contribution in [0, 0.1) is 6.92 Å². The molecule has 0 radical (unpaired) electrons. The third-order valence-corrected chi connectivity index (χ3v) is 2.96. The molecule has 118 valence electrons. The van der Waals surface area contributed by atoms with Crippen molar-refractivity contribution < 1.29 is 22.4 Å². The van der Waals surface area contributed by atoms with Crippen molar-refractivity contribution in [2.75, 3.05) is 5.32 Å². The average Bonchev–Trinajstić information content (AvgIpc) is 2.84. The number of carbonyl (C=O) groups is 1. The number of halogens is 3. The van der Waals surface area contributed by atoms with Crippen LogP contribution in [0.1, 0.15) is 30.1 Å². The van der Waals surface area contributed by atoms with Crippen molar-refractivity contribution in [1.82, 2.24) is 4.98 Å². The smallest absolute Gasteiger partial charge is 0.416 e. The van der Waals surface area contributed by atoms with Gasteiger partial charge in [-0.3, -0.25) is 4.79 Å². The molecule has 4 nitrogen and oxygen atoms in total. The number of rotatable bonds is 5. The summed E-state index contributed by atoms with van der Waals surface area (Å²) in [6.07, 6.45) is -1.45. The standard InChI is InChI=1S/C15H15F3N2O2/c1-10-9-19-14(22-10)4-2-3-13(21)20-12-7-5-11(6-8-12)15(16,17)18/h5-9H,2-4H2,1H3,(H,20,21). The Labute approximate surface area is 125 Å². The van der Waals surface area contributed by atoms with Crippen LogP contribution in [0.3, 0.4) is 0 Å². The molecule has 1 amide bonds. The highest BCUT2D eigenvalue weighted by molar-refractivity contribution is 5.90. The number of aromatic nitrogens is 1. The zero-order chi connectivity index (χ0) is 16.2. The van der Waals surface area contributed by atoms with Crippen molar-refractivity contribution in [3.63, 3.8) is 0 Å². The molecule has 0 unspecified atom stereocenters. The lowest BCUT2D eigenvalue weighted by atomic mass is 10.2. The Hall–Kier alpha value is -2.31. The predicted molar refractivity (Wildman–Crippen MR) is 74.3 cm³/mol. The van der Waals surface area contributed by atoms with E-state index in [1.807, 2.05) is 0 Å². The number of aryl methyl sites for hydroxylation is 2. The van der Waals surface area contributed by atoms with Gasteiger partial charge in [0.05, 0.1) is 11.8 Å². The van der Waals surface area contributed by atoms with Crippen LogP contribution in [0.5, 0.6) is 0 Å². The number of anilines is 1. The highest BCUT2D eigenvalue weighted by atomic mass is 19.4. The Balaban J connectivity index is 1.79. The topological polar surface area (TPSA) is 55.1 Å². The SMILES string of the molecule is Cc1cnc(CCCC(=O)Nc2ccc(C(F)(F)F)cc2)o1. The second-order valence-corrected chi connectivity index (χ2v) is 4.84. The van der Waals surface area contributed by atoms with Gasteiger partial charge in [-0.25, -0.2) is 4.98 Å². The third-order valence-electron chi connectivity index (χ3n) is 2.96. The number of hydrogen-bond acceptors (Lipinski definition) is 3. The minimum atomic E-state index is -4.38. The Morgan fingerprint density at radius 2 is 1.95 bits per heavy atom. The Bertz CT molecular complexity index is 633. The Kier molecular flexibility index (Phi) is 4.85. The normalized spacial score (nSPS) is 11.5. The Morgan fingerprint density at radius 1 is 1.27 bits per heavy atom. The molecule has 0 saturated carbocycles. The monoisotopic (exact) mass is 312 g/mol. The first-order valence-corrected chi connectivity index (χ1v) is 6.73. The highest BCUT2D eigenvalue weighted by Crippen LogP contribution is 2.29. The molecule has 1 aromatic heterocycles. The van der Waals surface area contributed by atoms with Gasteiger partial charge in [0.1, 0.15) is 5.76 Å². The lowest BCUT2D eigenvalue weighted by Crippen LogP contribution is -2.12. The van der Waals surface area contributed by atoms with Crippen molar-refractivity contribution in [3.8, 4) is 0 Å². The lowest BCUT2D eigenvalue weighted by molar-refractivity contribution is -0.137. The van der Waals surface area contributed by atoms with Crippen molar-refractivity contribution in [2.24, 2.45) is 0 Å². The summed E-state index contributed by atoms with van der Waals surface area (Å²) in [6.45, 7) is 1.79. The van der Waals surface area contributed by atoms with Gasteiger partial charge < -0.3 is 9.73 Å². The van der Waals surface area contributed by atoms with E-state index < -0.39 is 11.7 Å². The van der Waals surface area contributed by atoms with Crippen LogP contribution in [-0.4, -0.2) is 10.9 Å². The van der Waals surface area contributed by atoms with E-state index in [2.05, 4.69) is 10.3 Å². The number of nitrogens with one attached hydrogen (secondary N) is 1. The molecule has 2 aromatic rings. The van der Waals surface area contributed by atoms with E-state index in [0.29, 0.717) is 30.2 Å². The fourth-order valence-electron chi connectivity index (χ4n) is 1.88. The molecular formula is C15H15F3N2O2. The molecule has 7 heteroatoms. The minimum Gasteiger partial charge on any atom is -0.446 e. The summed E-state index contributed by atoms with van der Waals surface area (Å²) in [6, 6.07) is 4.34. The molecule has 0 spiro atoms. The molecule has 0 atom stereocenters. The largest absolute Gasteiger partial charge is 0.446 e. The molecule has 0 fully saturated rings.